The van der Waals surface area contributed by atoms with E-state index in [0.29, 0.717) is 0 Å². The number of nitrogens with zero attached hydrogens (tertiary/aromatic N) is 9. The standard InChI is InChI=1S/C37H59N9O18S/c1-13-14(2)24(42-45-39)35(55-19(13)7)60-27-15(3)16(4)32(62-30(27)31(48)49)58-23-11-22(41-44-38)33(56-20(23)8)61-28-18(6)29(64-65(50,51)52)37(63-36(28)54-12-47)59-26-17(5)25(43-46-40)34(53-10)57-21(26)9/h12-30,32-37H,11H2,1-10H3,(H,48,49)(H,50,51,52)/t13-,14-,15+,16?,17+,18-,19?,20?,21?,22?,23-,24?,25?,26-,27-,28-,29?,30?,32+,33+,34-,35+,36?,37+/m0/s1. The van der Waals surface area contributed by atoms with E-state index in [1.54, 1.807) is 34.6 Å². The number of hydrogen-bond donors (Lipinski definition) is 2. The predicted octanol–water partition coefficient (Wildman–Crippen LogP) is 4.50. The Morgan fingerprint density at radius 3 is 1.78 bits per heavy atom. The first-order valence-electron chi connectivity index (χ1n) is 21.2. The molecule has 24 atom stereocenters. The number of carbonyl (C=O) groups is 2. The summed E-state index contributed by atoms with van der Waals surface area (Å²) in [5.74, 6) is -4.26. The van der Waals surface area contributed by atoms with E-state index in [1.807, 2.05) is 20.8 Å². The number of carbonyl (C=O) groups excluding carboxylic acids is 1. The lowest BCUT2D eigenvalue weighted by molar-refractivity contribution is -0.376. The van der Waals surface area contributed by atoms with Crippen LogP contribution in [0.25, 0.3) is 31.3 Å². The van der Waals surface area contributed by atoms with Crippen LogP contribution in [-0.4, -0.2) is 148 Å². The van der Waals surface area contributed by atoms with E-state index in [1.165, 1.54) is 14.0 Å². The summed E-state index contributed by atoms with van der Waals surface area (Å²) < 4.78 is 105. The van der Waals surface area contributed by atoms with E-state index in [4.69, 9.17) is 56.3 Å². The van der Waals surface area contributed by atoms with Crippen LogP contribution in [-0.2, 0) is 76.3 Å². The van der Waals surface area contributed by atoms with Gasteiger partial charge in [-0.2, -0.15) is 8.42 Å². The molecule has 5 aliphatic rings. The van der Waals surface area contributed by atoms with Crippen LogP contribution in [0, 0.1) is 35.5 Å². The number of carboxylic acids is 1. The number of carboxylic acid groups (broad SMARTS) is 1. The summed E-state index contributed by atoms with van der Waals surface area (Å²) in [6, 6.07) is -2.80. The van der Waals surface area contributed by atoms with E-state index >= 15 is 0 Å². The molecule has 0 amide bonds. The summed E-state index contributed by atoms with van der Waals surface area (Å²) in [5, 5.41) is 21.9. The van der Waals surface area contributed by atoms with Crippen molar-refractivity contribution in [1.82, 2.24) is 0 Å². The molecule has 5 heterocycles. The summed E-state index contributed by atoms with van der Waals surface area (Å²) >= 11 is 0. The van der Waals surface area contributed by atoms with E-state index < -0.39 is 145 Å². The van der Waals surface area contributed by atoms with E-state index in [0.717, 1.165) is 0 Å². The smallest absolute Gasteiger partial charge is 0.397 e. The Balaban J connectivity index is 1.33. The molecule has 0 saturated carbocycles. The Bertz CT molecular complexity index is 1910. The summed E-state index contributed by atoms with van der Waals surface area (Å²) in [6.07, 6.45) is -17.4. The summed E-state index contributed by atoms with van der Waals surface area (Å²) in [5.41, 5.74) is 28.1. The molecule has 0 aromatic rings. The number of azide groups is 3. The highest BCUT2D eigenvalue weighted by Gasteiger charge is 2.55. The molecule has 5 fully saturated rings. The highest BCUT2D eigenvalue weighted by Crippen LogP contribution is 2.42. The number of aliphatic carboxylic acids is 1. The summed E-state index contributed by atoms with van der Waals surface area (Å²) in [6.45, 7) is 15.7. The van der Waals surface area contributed by atoms with Gasteiger partial charge in [0.25, 0.3) is 6.47 Å². The van der Waals surface area contributed by atoms with Gasteiger partial charge in [-0.05, 0) is 67.5 Å². The zero-order valence-corrected chi connectivity index (χ0v) is 38.3. The van der Waals surface area contributed by atoms with Crippen LogP contribution < -0.4 is 0 Å². The van der Waals surface area contributed by atoms with Crippen LogP contribution in [0.4, 0.5) is 0 Å². The Labute approximate surface area is 375 Å². The average molecular weight is 950 g/mol. The van der Waals surface area contributed by atoms with Gasteiger partial charge in [-0.15, -0.1) is 0 Å². The number of methoxy groups -OCH3 is 1. The topological polar surface area (TPSA) is 366 Å². The van der Waals surface area contributed by atoms with E-state index in [9.17, 15) is 44.3 Å². The van der Waals surface area contributed by atoms with Crippen molar-refractivity contribution in [2.24, 2.45) is 50.9 Å². The largest absolute Gasteiger partial charge is 0.479 e. The van der Waals surface area contributed by atoms with Crippen molar-refractivity contribution in [3.8, 4) is 0 Å². The number of rotatable bonds is 17. The molecule has 27 nitrogen and oxygen atoms in total. The van der Waals surface area contributed by atoms with Crippen LogP contribution >= 0.6 is 0 Å². The van der Waals surface area contributed by atoms with Gasteiger partial charge in [-0.3, -0.25) is 9.35 Å². The Kier molecular flexibility index (Phi) is 18.0. The fraction of sp³-hybridized carbons (Fsp3) is 0.946. The minimum absolute atomic E-state index is 0.0204. The molecule has 5 saturated heterocycles. The lowest BCUT2D eigenvalue weighted by Gasteiger charge is -2.49. The fourth-order valence-electron chi connectivity index (χ4n) is 9.07. The highest BCUT2D eigenvalue weighted by molar-refractivity contribution is 7.80. The van der Waals surface area contributed by atoms with Gasteiger partial charge >= 0.3 is 16.4 Å². The number of hydrogen-bond acceptors (Lipinski definition) is 19. The molecule has 0 aromatic carbocycles. The van der Waals surface area contributed by atoms with Gasteiger partial charge in [0, 0.05) is 33.7 Å². The maximum atomic E-state index is 12.7. The maximum Gasteiger partial charge on any atom is 0.397 e. The third-order valence-corrected chi connectivity index (χ3v) is 13.9. The van der Waals surface area contributed by atoms with Crippen LogP contribution in [0.1, 0.15) is 68.7 Å². The molecule has 0 radical (unpaired) electrons. The molecule has 10 unspecified atom stereocenters. The van der Waals surface area contributed by atoms with Crippen LogP contribution in [0.2, 0.25) is 0 Å². The molecule has 0 aromatic heterocycles. The third-order valence-electron chi connectivity index (χ3n) is 13.4. The molecule has 0 aliphatic carbocycles. The Morgan fingerprint density at radius 1 is 0.615 bits per heavy atom. The molecule has 28 heteroatoms. The molecule has 2 N–H and O–H groups in total. The molecule has 5 aliphatic heterocycles. The molecule has 0 bridgehead atoms. The van der Waals surface area contributed by atoms with Gasteiger partial charge in [0.2, 0.25) is 6.29 Å². The van der Waals surface area contributed by atoms with Crippen LogP contribution in [0.3, 0.4) is 0 Å². The first kappa shape index (κ1) is 52.3. The van der Waals surface area contributed by atoms with Crippen molar-refractivity contribution in [2.45, 2.75) is 180 Å². The van der Waals surface area contributed by atoms with E-state index in [-0.39, 0.29) is 30.8 Å². The van der Waals surface area contributed by atoms with Gasteiger partial charge in [0.1, 0.15) is 18.3 Å². The molecular weight excluding hydrogens is 891 g/mol. The minimum Gasteiger partial charge on any atom is -0.479 e. The second-order valence-corrected chi connectivity index (χ2v) is 18.3. The quantitative estimate of drug-likeness (QED) is 0.0666. The van der Waals surface area contributed by atoms with Crippen LogP contribution in [0.15, 0.2) is 15.3 Å². The molecule has 65 heavy (non-hydrogen) atoms. The SMILES string of the molecule is CO[C@H]1OC(C)[C@@H](O[C@@H]2OC(OC=O)[C@@H](O[C@H]3OC(C)[C@@H](O[C@@H]4OC(C(=O)O)[C@@H](O[C@H]5OC(C)[C@@H](C)[C@H](C)C5N=[N+]=[N-])[C@H](C)C4C)CC3N=[N+]=[N-])[C@H](C)C2OS(=O)(=O)O)[C@H](C)C1N=[N+]=[N-]. The normalized spacial score (nSPS) is 45.8. The first-order valence-corrected chi connectivity index (χ1v) is 22.6. The molecule has 5 rings (SSSR count). The van der Waals surface area contributed by atoms with Crippen LogP contribution in [0.5, 0.6) is 0 Å². The van der Waals surface area contributed by atoms with Crippen molar-refractivity contribution in [2.75, 3.05) is 7.11 Å². The Morgan fingerprint density at radius 2 is 1.20 bits per heavy atom. The van der Waals surface area contributed by atoms with Gasteiger partial charge < -0.3 is 57.2 Å². The van der Waals surface area contributed by atoms with E-state index in [2.05, 4.69) is 30.1 Å². The first-order chi connectivity index (χ1) is 30.7. The van der Waals surface area contributed by atoms with Crippen molar-refractivity contribution in [3.05, 3.63) is 31.3 Å². The lowest BCUT2D eigenvalue weighted by Crippen LogP contribution is -2.62. The van der Waals surface area contributed by atoms with Crippen molar-refractivity contribution in [1.29, 1.82) is 0 Å². The summed E-state index contributed by atoms with van der Waals surface area (Å²) in [4.78, 5) is 33.3. The fourth-order valence-corrected chi connectivity index (χ4v) is 9.62. The zero-order chi connectivity index (χ0) is 48.1. The predicted molar refractivity (Wildman–Crippen MR) is 216 cm³/mol. The van der Waals surface area contributed by atoms with Crippen molar-refractivity contribution in [3.63, 3.8) is 0 Å². The lowest BCUT2D eigenvalue weighted by atomic mass is 9.82. The number of ether oxygens (including phenoxy) is 11. The molecular formula is C37H59N9O18S. The Hall–Kier alpha value is -3.66. The molecule has 366 valence electrons. The van der Waals surface area contributed by atoms with Gasteiger partial charge in [-0.1, -0.05) is 56.9 Å². The minimum atomic E-state index is -5.20. The third kappa shape index (κ3) is 11.9. The zero-order valence-electron chi connectivity index (χ0n) is 37.5. The summed E-state index contributed by atoms with van der Waals surface area (Å²) in [7, 11) is -3.84. The van der Waals surface area contributed by atoms with Gasteiger partial charge in [0.15, 0.2) is 37.6 Å². The van der Waals surface area contributed by atoms with Gasteiger partial charge in [0.05, 0.1) is 48.6 Å². The monoisotopic (exact) mass is 949 g/mol. The van der Waals surface area contributed by atoms with Crippen molar-refractivity contribution >= 4 is 22.8 Å². The average Bonchev–Trinajstić information content (AvgIpc) is 3.24. The highest BCUT2D eigenvalue weighted by atomic mass is 32.3. The second kappa shape index (κ2) is 22.4. The molecule has 0 spiro atoms. The van der Waals surface area contributed by atoms with Crippen molar-refractivity contribution < 1.29 is 84.0 Å². The maximum absolute atomic E-state index is 12.7. The van der Waals surface area contributed by atoms with Gasteiger partial charge in [-0.25, -0.2) is 8.98 Å². The second-order valence-electron chi connectivity index (χ2n) is 17.3.